The number of rotatable bonds is 2. The first kappa shape index (κ1) is 18.5. The molecule has 0 aliphatic carbocycles. The highest BCUT2D eigenvalue weighted by Crippen LogP contribution is 2.35. The molecule has 0 bridgehead atoms. The van der Waals surface area contributed by atoms with E-state index in [1.165, 1.54) is 17.2 Å². The van der Waals surface area contributed by atoms with E-state index in [-0.39, 0.29) is 11.9 Å². The number of anilines is 1. The van der Waals surface area contributed by atoms with Crippen LogP contribution < -0.4 is 4.90 Å². The maximum atomic E-state index is 13.1. The van der Waals surface area contributed by atoms with Crippen LogP contribution in [0.2, 0.25) is 0 Å². The minimum Gasteiger partial charge on any atom is -0.308 e. The normalized spacial score (nSPS) is 14.6. The second kappa shape index (κ2) is 6.61. The minimum absolute atomic E-state index is 0.142. The molecule has 1 aliphatic heterocycles. The molecule has 3 aromatic rings. The molecule has 4 rings (SSSR count). The van der Waals surface area contributed by atoms with Gasteiger partial charge in [0.1, 0.15) is 0 Å². The second-order valence-corrected chi connectivity index (χ2v) is 7.22. The van der Waals surface area contributed by atoms with Crippen molar-refractivity contribution >= 4 is 22.6 Å². The summed E-state index contributed by atoms with van der Waals surface area (Å²) in [4.78, 5) is 19.0. The van der Waals surface area contributed by atoms with E-state index in [0.29, 0.717) is 41.8 Å². The van der Waals surface area contributed by atoms with Crippen molar-refractivity contribution < 1.29 is 18.0 Å². The molecular formula is C20H19F3N4O. The van der Waals surface area contributed by atoms with E-state index in [0.717, 1.165) is 17.5 Å². The molecular weight excluding hydrogens is 369 g/mol. The predicted molar refractivity (Wildman–Crippen MR) is 99.4 cm³/mol. The van der Waals surface area contributed by atoms with E-state index >= 15 is 0 Å². The summed E-state index contributed by atoms with van der Waals surface area (Å²) < 4.78 is 40.7. The van der Waals surface area contributed by atoms with Crippen LogP contribution in [0.4, 0.5) is 18.9 Å². The Morgan fingerprint density at radius 2 is 1.96 bits per heavy atom. The summed E-state index contributed by atoms with van der Waals surface area (Å²) in [6.45, 7) is 4.45. The number of hydrogen-bond donors (Lipinski definition) is 0. The van der Waals surface area contributed by atoms with Crippen LogP contribution in [0.25, 0.3) is 11.0 Å². The maximum absolute atomic E-state index is 13.1. The molecule has 0 fully saturated rings. The molecule has 0 saturated carbocycles. The van der Waals surface area contributed by atoms with Crippen molar-refractivity contribution in [1.82, 2.24) is 14.8 Å². The summed E-state index contributed by atoms with van der Waals surface area (Å²) in [5, 5.41) is 5.05. The van der Waals surface area contributed by atoms with E-state index in [1.54, 1.807) is 16.9 Å². The number of carbonyl (C=O) groups excluding carboxylic acids is 1. The number of hydrogen-bond acceptors (Lipinski definition) is 3. The van der Waals surface area contributed by atoms with Crippen molar-refractivity contribution in [3.05, 3.63) is 53.3 Å². The lowest BCUT2D eigenvalue weighted by molar-refractivity contribution is -0.137. The molecule has 28 heavy (non-hydrogen) atoms. The highest BCUT2D eigenvalue weighted by atomic mass is 19.4. The monoisotopic (exact) mass is 388 g/mol. The zero-order valence-electron chi connectivity index (χ0n) is 15.5. The van der Waals surface area contributed by atoms with Crippen molar-refractivity contribution in [2.75, 3.05) is 11.4 Å². The molecule has 0 radical (unpaired) electrons. The fourth-order valence-electron chi connectivity index (χ4n) is 3.58. The molecule has 8 heteroatoms. The van der Waals surface area contributed by atoms with Gasteiger partial charge < -0.3 is 4.90 Å². The minimum atomic E-state index is -4.40. The van der Waals surface area contributed by atoms with Gasteiger partial charge in [-0.1, -0.05) is 0 Å². The quantitative estimate of drug-likeness (QED) is 0.644. The number of aromatic nitrogens is 3. The number of benzene rings is 1. The van der Waals surface area contributed by atoms with Gasteiger partial charge in [0.05, 0.1) is 17.3 Å². The van der Waals surface area contributed by atoms with Crippen molar-refractivity contribution in [2.24, 2.45) is 0 Å². The average molecular weight is 388 g/mol. The van der Waals surface area contributed by atoms with Gasteiger partial charge in [0.2, 0.25) is 0 Å². The van der Waals surface area contributed by atoms with Crippen LogP contribution in [-0.4, -0.2) is 27.2 Å². The van der Waals surface area contributed by atoms with Crippen molar-refractivity contribution in [2.45, 2.75) is 38.9 Å². The Kier molecular flexibility index (Phi) is 4.36. The number of alkyl halides is 3. The maximum Gasteiger partial charge on any atom is 0.416 e. The topological polar surface area (TPSA) is 51.0 Å². The smallest absolute Gasteiger partial charge is 0.308 e. The van der Waals surface area contributed by atoms with Crippen molar-refractivity contribution in [3.8, 4) is 0 Å². The van der Waals surface area contributed by atoms with Gasteiger partial charge in [0.15, 0.2) is 5.65 Å². The standard InChI is InChI=1S/C20H19F3N4O/c1-12(2)27-18-14(11-25-27)8-15(10-24-18)19(28)26-7-3-4-13-9-16(20(21,22)23)5-6-17(13)26/h5-6,8-12H,3-4,7H2,1-2H3. The van der Waals surface area contributed by atoms with Gasteiger partial charge in [-0.25, -0.2) is 9.67 Å². The molecule has 0 unspecified atom stereocenters. The van der Waals surface area contributed by atoms with Gasteiger partial charge >= 0.3 is 6.18 Å². The lowest BCUT2D eigenvalue weighted by Crippen LogP contribution is -2.35. The zero-order valence-corrected chi connectivity index (χ0v) is 15.5. The second-order valence-electron chi connectivity index (χ2n) is 7.22. The molecule has 1 aromatic carbocycles. The Bertz CT molecular complexity index is 1060. The summed E-state index contributed by atoms with van der Waals surface area (Å²) in [5.41, 5.74) is 1.46. The van der Waals surface area contributed by atoms with E-state index in [9.17, 15) is 18.0 Å². The van der Waals surface area contributed by atoms with Gasteiger partial charge in [0.25, 0.3) is 5.91 Å². The number of fused-ring (bicyclic) bond motifs is 2. The molecule has 0 spiro atoms. The predicted octanol–water partition coefficient (Wildman–Crippen LogP) is 4.62. The van der Waals surface area contributed by atoms with Crippen molar-refractivity contribution in [3.63, 3.8) is 0 Å². The molecule has 0 atom stereocenters. The fraction of sp³-hybridized carbons (Fsp3) is 0.350. The lowest BCUT2D eigenvalue weighted by Gasteiger charge is -2.30. The van der Waals surface area contributed by atoms with Crippen LogP contribution in [0.5, 0.6) is 0 Å². The summed E-state index contributed by atoms with van der Waals surface area (Å²) in [6, 6.07) is 5.43. The van der Waals surface area contributed by atoms with Gasteiger partial charge in [0, 0.05) is 29.9 Å². The molecule has 1 amide bonds. The number of pyridine rings is 1. The van der Waals surface area contributed by atoms with E-state index in [2.05, 4.69) is 10.1 Å². The van der Waals surface area contributed by atoms with E-state index < -0.39 is 11.7 Å². The number of amides is 1. The van der Waals surface area contributed by atoms with Crippen LogP contribution in [0.1, 0.15) is 47.8 Å². The largest absolute Gasteiger partial charge is 0.416 e. The van der Waals surface area contributed by atoms with Crippen LogP contribution in [0.15, 0.2) is 36.7 Å². The number of halogens is 3. The average Bonchev–Trinajstić information content (AvgIpc) is 3.09. The zero-order chi connectivity index (χ0) is 20.1. The lowest BCUT2D eigenvalue weighted by atomic mass is 9.98. The van der Waals surface area contributed by atoms with Gasteiger partial charge in [-0.15, -0.1) is 0 Å². The van der Waals surface area contributed by atoms with Crippen LogP contribution in [0, 0.1) is 0 Å². The molecule has 2 aromatic heterocycles. The van der Waals surface area contributed by atoms with E-state index in [1.807, 2.05) is 13.8 Å². The Labute approximate surface area is 159 Å². The first-order chi connectivity index (χ1) is 13.3. The Morgan fingerprint density at radius 3 is 2.68 bits per heavy atom. The van der Waals surface area contributed by atoms with Crippen LogP contribution in [0.3, 0.4) is 0 Å². The summed E-state index contributed by atoms with van der Waals surface area (Å²) in [6.07, 6.45) is -0.0994. The molecule has 3 heterocycles. The highest BCUT2D eigenvalue weighted by molar-refractivity contribution is 6.07. The highest BCUT2D eigenvalue weighted by Gasteiger charge is 2.33. The summed E-state index contributed by atoms with van der Waals surface area (Å²) in [5.74, 6) is -0.271. The van der Waals surface area contributed by atoms with Gasteiger partial charge in [-0.2, -0.15) is 18.3 Å². The molecule has 146 valence electrons. The van der Waals surface area contributed by atoms with Gasteiger partial charge in [-0.3, -0.25) is 4.79 Å². The molecule has 0 saturated heterocycles. The summed E-state index contributed by atoms with van der Waals surface area (Å²) >= 11 is 0. The molecule has 0 N–H and O–H groups in total. The van der Waals surface area contributed by atoms with Crippen molar-refractivity contribution in [1.29, 1.82) is 0 Å². The third kappa shape index (κ3) is 3.12. The Hall–Kier alpha value is -2.90. The Morgan fingerprint density at radius 1 is 1.18 bits per heavy atom. The van der Waals surface area contributed by atoms with Crippen LogP contribution in [-0.2, 0) is 12.6 Å². The molecule has 5 nitrogen and oxygen atoms in total. The molecule has 1 aliphatic rings. The third-order valence-electron chi connectivity index (χ3n) is 4.94. The third-order valence-corrected chi connectivity index (χ3v) is 4.94. The number of aryl methyl sites for hydroxylation is 1. The fourth-order valence-corrected chi connectivity index (χ4v) is 3.58. The Balaban J connectivity index is 1.69. The SMILES string of the molecule is CC(C)n1ncc2cc(C(=O)N3CCCc4cc(C(F)(F)F)ccc43)cnc21. The number of nitrogens with zero attached hydrogens (tertiary/aromatic N) is 4. The van der Waals surface area contributed by atoms with E-state index in [4.69, 9.17) is 0 Å². The summed E-state index contributed by atoms with van der Waals surface area (Å²) in [7, 11) is 0. The van der Waals surface area contributed by atoms with Crippen LogP contribution >= 0.6 is 0 Å². The first-order valence-electron chi connectivity index (χ1n) is 9.11. The first-order valence-corrected chi connectivity index (χ1v) is 9.11. The number of carbonyl (C=O) groups is 1. The van der Waals surface area contributed by atoms with Gasteiger partial charge in [-0.05, 0) is 56.5 Å².